The lowest BCUT2D eigenvalue weighted by atomic mass is 9.84. The first-order chi connectivity index (χ1) is 9.88. The second kappa shape index (κ2) is 5.79. The van der Waals surface area contributed by atoms with Crippen LogP contribution >= 0.6 is 0 Å². The van der Waals surface area contributed by atoms with E-state index in [4.69, 9.17) is 10.5 Å². The molecule has 1 saturated heterocycles. The number of benzene rings is 1. The first-order valence-electron chi connectivity index (χ1n) is 6.41. The number of halogens is 1. The molecule has 1 fully saturated rings. The number of nitrogens with two attached hydrogens (primary N) is 1. The Hall–Kier alpha value is -1.99. The van der Waals surface area contributed by atoms with Crippen LogP contribution in [0.1, 0.15) is 17.3 Å². The van der Waals surface area contributed by atoms with Gasteiger partial charge in [-0.1, -0.05) is 0 Å². The lowest BCUT2D eigenvalue weighted by Gasteiger charge is -2.25. The highest BCUT2D eigenvalue weighted by atomic mass is 19.1. The van der Waals surface area contributed by atoms with Crippen LogP contribution in [0.15, 0.2) is 18.2 Å². The Kier molecular flexibility index (Phi) is 4.24. The molecule has 1 aromatic rings. The van der Waals surface area contributed by atoms with E-state index in [1.54, 1.807) is 6.92 Å². The maximum absolute atomic E-state index is 13.3. The van der Waals surface area contributed by atoms with E-state index in [0.717, 1.165) is 12.1 Å². The maximum Gasteiger partial charge on any atom is 0.340 e. The number of hydrogen-bond donors (Lipinski definition) is 2. The number of anilines is 1. The lowest BCUT2D eigenvalue weighted by Crippen LogP contribution is -2.47. The molecular weight excluding hydrogens is 279 g/mol. The molecular formula is C14H17FN2O4. The molecule has 0 spiro atoms. The van der Waals surface area contributed by atoms with Crippen molar-refractivity contribution >= 4 is 17.6 Å². The first-order valence-corrected chi connectivity index (χ1v) is 6.41. The minimum atomic E-state index is -0.901. The summed E-state index contributed by atoms with van der Waals surface area (Å²) < 4.78 is 23.0. The third-order valence-corrected chi connectivity index (χ3v) is 3.67. The molecule has 1 aromatic carbocycles. The van der Waals surface area contributed by atoms with E-state index in [0.29, 0.717) is 0 Å². The van der Waals surface area contributed by atoms with E-state index < -0.39 is 23.2 Å². The van der Waals surface area contributed by atoms with Gasteiger partial charge in [0.1, 0.15) is 5.82 Å². The van der Waals surface area contributed by atoms with Gasteiger partial charge in [-0.05, 0) is 25.1 Å². The zero-order chi connectivity index (χ0) is 15.6. The van der Waals surface area contributed by atoms with Gasteiger partial charge in [-0.2, -0.15) is 0 Å². The van der Waals surface area contributed by atoms with Crippen LogP contribution in [0.5, 0.6) is 0 Å². The van der Waals surface area contributed by atoms with Crippen LogP contribution in [-0.4, -0.2) is 38.2 Å². The molecule has 114 valence electrons. The van der Waals surface area contributed by atoms with E-state index in [1.165, 1.54) is 13.2 Å². The normalized spacial score (nSPS) is 24.7. The number of methoxy groups -OCH3 is 1. The van der Waals surface area contributed by atoms with Crippen molar-refractivity contribution in [3.63, 3.8) is 0 Å². The fraction of sp³-hybridized carbons (Fsp3) is 0.429. The summed E-state index contributed by atoms with van der Waals surface area (Å²) in [4.78, 5) is 24.0. The molecule has 0 aliphatic carbocycles. The number of carbonyl (C=O) groups excluding carboxylic acids is 2. The van der Waals surface area contributed by atoms with Crippen molar-refractivity contribution < 1.29 is 23.5 Å². The Morgan fingerprint density at radius 1 is 1.52 bits per heavy atom. The first kappa shape index (κ1) is 15.4. The number of esters is 1. The van der Waals surface area contributed by atoms with Gasteiger partial charge in [-0.3, -0.25) is 4.79 Å². The molecule has 0 bridgehead atoms. The Labute approximate surface area is 121 Å². The molecule has 0 saturated carbocycles. The molecule has 1 aliphatic heterocycles. The highest BCUT2D eigenvalue weighted by Gasteiger charge is 2.44. The fourth-order valence-corrected chi connectivity index (χ4v) is 2.09. The minimum absolute atomic E-state index is 0.0538. The number of nitrogens with one attached hydrogen (secondary N) is 1. The average molecular weight is 296 g/mol. The minimum Gasteiger partial charge on any atom is -0.465 e. The molecule has 0 radical (unpaired) electrons. The second-order valence-corrected chi connectivity index (χ2v) is 5.17. The highest BCUT2D eigenvalue weighted by molar-refractivity contribution is 6.03. The Morgan fingerprint density at radius 3 is 2.81 bits per heavy atom. The van der Waals surface area contributed by atoms with Crippen LogP contribution in [0.3, 0.4) is 0 Å². The van der Waals surface area contributed by atoms with E-state index in [2.05, 4.69) is 10.1 Å². The molecule has 3 N–H and O–H groups in total. The molecule has 1 amide bonds. The van der Waals surface area contributed by atoms with Crippen molar-refractivity contribution in [2.24, 2.45) is 11.1 Å². The second-order valence-electron chi connectivity index (χ2n) is 5.17. The van der Waals surface area contributed by atoms with Gasteiger partial charge in [-0.25, -0.2) is 9.18 Å². The quantitative estimate of drug-likeness (QED) is 0.809. The van der Waals surface area contributed by atoms with Gasteiger partial charge in [0.15, 0.2) is 0 Å². The molecule has 2 rings (SSSR count). The van der Waals surface area contributed by atoms with Gasteiger partial charge >= 0.3 is 5.97 Å². The molecule has 1 aliphatic rings. The summed E-state index contributed by atoms with van der Waals surface area (Å²) in [6.07, 6.45) is 0. The molecule has 0 aromatic heterocycles. The van der Waals surface area contributed by atoms with Gasteiger partial charge in [0.05, 0.1) is 37.0 Å². The van der Waals surface area contributed by atoms with Crippen molar-refractivity contribution in [3.8, 4) is 0 Å². The molecule has 21 heavy (non-hydrogen) atoms. The van der Waals surface area contributed by atoms with Gasteiger partial charge in [0.25, 0.3) is 0 Å². The van der Waals surface area contributed by atoms with Crippen molar-refractivity contribution in [1.82, 2.24) is 0 Å². The van der Waals surface area contributed by atoms with Gasteiger partial charge in [-0.15, -0.1) is 0 Å². The molecule has 2 unspecified atom stereocenters. The van der Waals surface area contributed by atoms with E-state index in [-0.39, 0.29) is 30.4 Å². The van der Waals surface area contributed by atoms with Crippen LogP contribution in [-0.2, 0) is 14.3 Å². The molecule has 1 heterocycles. The van der Waals surface area contributed by atoms with Crippen molar-refractivity contribution in [2.75, 3.05) is 25.6 Å². The lowest BCUT2D eigenvalue weighted by molar-refractivity contribution is -0.125. The highest BCUT2D eigenvalue weighted by Crippen LogP contribution is 2.29. The predicted molar refractivity (Wildman–Crippen MR) is 73.3 cm³/mol. The summed E-state index contributed by atoms with van der Waals surface area (Å²) in [7, 11) is 1.18. The predicted octanol–water partition coefficient (Wildman–Crippen LogP) is 0.915. The van der Waals surface area contributed by atoms with Crippen molar-refractivity contribution in [3.05, 3.63) is 29.6 Å². The number of amides is 1. The van der Waals surface area contributed by atoms with Crippen LogP contribution in [0.25, 0.3) is 0 Å². The number of carbonyl (C=O) groups is 2. The van der Waals surface area contributed by atoms with Gasteiger partial charge in [0.2, 0.25) is 5.91 Å². The molecule has 6 nitrogen and oxygen atoms in total. The summed E-state index contributed by atoms with van der Waals surface area (Å²) in [5, 5.41) is 2.60. The van der Waals surface area contributed by atoms with Crippen LogP contribution in [0, 0.1) is 11.2 Å². The fourth-order valence-electron chi connectivity index (χ4n) is 2.09. The summed E-state index contributed by atoms with van der Waals surface area (Å²) >= 11 is 0. The van der Waals surface area contributed by atoms with Crippen LogP contribution in [0.4, 0.5) is 10.1 Å². The summed E-state index contributed by atoms with van der Waals surface area (Å²) in [5.74, 6) is -1.72. The smallest absolute Gasteiger partial charge is 0.340 e. The van der Waals surface area contributed by atoms with Crippen molar-refractivity contribution in [2.45, 2.75) is 13.0 Å². The number of ether oxygens (including phenoxy) is 2. The van der Waals surface area contributed by atoms with E-state index >= 15 is 0 Å². The number of hydrogen-bond acceptors (Lipinski definition) is 5. The monoisotopic (exact) mass is 296 g/mol. The van der Waals surface area contributed by atoms with Crippen LogP contribution < -0.4 is 11.1 Å². The summed E-state index contributed by atoms with van der Waals surface area (Å²) in [5.41, 5.74) is 5.10. The average Bonchev–Trinajstić information content (AvgIpc) is 2.81. The third-order valence-electron chi connectivity index (χ3n) is 3.67. The van der Waals surface area contributed by atoms with Gasteiger partial charge < -0.3 is 20.5 Å². The topological polar surface area (TPSA) is 90.6 Å². The van der Waals surface area contributed by atoms with Crippen LogP contribution in [0.2, 0.25) is 0 Å². The van der Waals surface area contributed by atoms with Crippen molar-refractivity contribution in [1.29, 1.82) is 0 Å². The largest absolute Gasteiger partial charge is 0.465 e. The number of rotatable bonds is 3. The zero-order valence-electron chi connectivity index (χ0n) is 11.8. The van der Waals surface area contributed by atoms with E-state index in [1.807, 2.05) is 0 Å². The summed E-state index contributed by atoms with van der Waals surface area (Å²) in [6.45, 7) is 2.16. The standard InChI is InChI=1S/C14H17FN2O4/c1-14(7-21-6-11(14)16)13(19)17-10-4-3-8(15)5-9(10)12(18)20-2/h3-5,11H,6-7,16H2,1-2H3,(H,17,19). The van der Waals surface area contributed by atoms with Gasteiger partial charge in [0, 0.05) is 6.04 Å². The third kappa shape index (κ3) is 2.88. The Balaban J connectivity index is 2.27. The Bertz CT molecular complexity index is 578. The summed E-state index contributed by atoms with van der Waals surface area (Å²) in [6, 6.07) is 3.02. The Morgan fingerprint density at radius 2 is 2.24 bits per heavy atom. The molecule has 2 atom stereocenters. The maximum atomic E-state index is 13.3. The zero-order valence-corrected chi connectivity index (χ0v) is 11.8. The van der Waals surface area contributed by atoms with E-state index in [9.17, 15) is 14.0 Å². The molecule has 7 heteroatoms. The SMILES string of the molecule is COC(=O)c1cc(F)ccc1NC(=O)C1(C)COCC1N.